The lowest BCUT2D eigenvalue weighted by Crippen LogP contribution is -2.48. The van der Waals surface area contributed by atoms with E-state index < -0.39 is 10.0 Å². The minimum absolute atomic E-state index is 0.212. The van der Waals surface area contributed by atoms with E-state index in [1.54, 1.807) is 11.1 Å². The molecule has 1 aromatic rings. The Hall–Kier alpha value is -0.510. The van der Waals surface area contributed by atoms with Gasteiger partial charge in [-0.3, -0.25) is 0 Å². The molecule has 8 heteroatoms. The molecule has 1 aromatic carbocycles. The summed E-state index contributed by atoms with van der Waals surface area (Å²) < 4.78 is 30.7. The van der Waals surface area contributed by atoms with Gasteiger partial charge in [-0.1, -0.05) is 6.07 Å². The molecule has 1 fully saturated rings. The van der Waals surface area contributed by atoms with Gasteiger partial charge in [0.2, 0.25) is 0 Å². The van der Waals surface area contributed by atoms with Crippen molar-refractivity contribution in [2.45, 2.75) is 18.4 Å². The summed E-state index contributed by atoms with van der Waals surface area (Å²) in [6.45, 7) is 4.25. The van der Waals surface area contributed by atoms with Gasteiger partial charge in [0.15, 0.2) is 0 Å². The summed E-state index contributed by atoms with van der Waals surface area (Å²) in [6, 6.07) is 3.47. The van der Waals surface area contributed by atoms with Crippen molar-refractivity contribution in [1.82, 2.24) is 9.84 Å². The average Bonchev–Trinajstić information content (AvgIpc) is 2.42. The number of nitrogens with zero attached hydrogens (tertiary/aromatic N) is 1. The Balaban J connectivity index is 2.30. The maximum Gasteiger partial charge on any atom is 0.254 e. The van der Waals surface area contributed by atoms with E-state index in [0.29, 0.717) is 37.3 Å². The molecule has 0 aliphatic carbocycles. The normalized spacial score (nSPS) is 17.4. The third kappa shape index (κ3) is 3.57. The Labute approximate surface area is 127 Å². The highest BCUT2D eigenvalue weighted by atomic mass is 79.9. The number of nitrogens with one attached hydrogen (secondary N) is 1. The molecule has 0 amide bonds. The van der Waals surface area contributed by atoms with Crippen molar-refractivity contribution in [1.29, 1.82) is 0 Å². The number of aryl methyl sites for hydroxylation is 1. The first-order valence-corrected chi connectivity index (χ1v) is 8.56. The van der Waals surface area contributed by atoms with Crippen LogP contribution < -0.4 is 10.6 Å². The van der Waals surface area contributed by atoms with Gasteiger partial charge < -0.3 is 10.5 Å². The van der Waals surface area contributed by atoms with Crippen LogP contribution in [0.2, 0.25) is 0 Å². The third-order valence-corrected chi connectivity index (χ3v) is 5.78. The van der Waals surface area contributed by atoms with Crippen LogP contribution in [0.25, 0.3) is 0 Å². The zero-order valence-electron chi connectivity index (χ0n) is 11.2. The molecule has 0 bridgehead atoms. The van der Waals surface area contributed by atoms with Gasteiger partial charge in [-0.25, -0.2) is 13.4 Å². The van der Waals surface area contributed by atoms with E-state index >= 15 is 0 Å². The molecular formula is C12H18BrN3O3S. The Bertz CT molecular complexity index is 586. The van der Waals surface area contributed by atoms with Gasteiger partial charge in [0.25, 0.3) is 10.0 Å². The summed E-state index contributed by atoms with van der Waals surface area (Å²) in [7, 11) is -3.63. The van der Waals surface area contributed by atoms with Crippen LogP contribution in [0.5, 0.6) is 0 Å². The van der Waals surface area contributed by atoms with Crippen LogP contribution in [0.1, 0.15) is 11.1 Å². The maximum atomic E-state index is 12.5. The zero-order valence-corrected chi connectivity index (χ0v) is 13.6. The molecule has 3 N–H and O–H groups in total. The van der Waals surface area contributed by atoms with Crippen LogP contribution >= 0.6 is 15.9 Å². The van der Waals surface area contributed by atoms with Gasteiger partial charge in [-0.05, 0) is 40.0 Å². The smallest absolute Gasteiger partial charge is 0.254 e. The predicted molar refractivity (Wildman–Crippen MR) is 79.5 cm³/mol. The topological polar surface area (TPSA) is 84.7 Å². The molecule has 0 atom stereocenters. The number of halogens is 1. The van der Waals surface area contributed by atoms with Crippen molar-refractivity contribution in [3.8, 4) is 0 Å². The largest absolute Gasteiger partial charge is 0.379 e. The fourth-order valence-electron chi connectivity index (χ4n) is 2.00. The zero-order chi connectivity index (χ0) is 14.8. The fourth-order valence-corrected chi connectivity index (χ4v) is 4.19. The van der Waals surface area contributed by atoms with Crippen molar-refractivity contribution < 1.29 is 13.2 Å². The Morgan fingerprint density at radius 2 is 2.05 bits per heavy atom. The highest BCUT2D eigenvalue weighted by Crippen LogP contribution is 2.27. The van der Waals surface area contributed by atoms with Crippen LogP contribution in [0, 0.1) is 6.92 Å². The number of benzene rings is 1. The molecule has 1 aliphatic rings. The SMILES string of the molecule is Cc1cc(CN)cc(S(=O)(=O)NN2CCOCC2)c1Br. The molecule has 0 radical (unpaired) electrons. The number of ether oxygens (including phenoxy) is 1. The lowest BCUT2D eigenvalue weighted by molar-refractivity contribution is 0.0272. The molecule has 0 unspecified atom stereocenters. The van der Waals surface area contributed by atoms with Crippen molar-refractivity contribution in [2.75, 3.05) is 26.3 Å². The highest BCUT2D eigenvalue weighted by Gasteiger charge is 2.23. The molecule has 1 heterocycles. The second-order valence-corrected chi connectivity index (χ2v) is 7.05. The first-order valence-electron chi connectivity index (χ1n) is 6.28. The van der Waals surface area contributed by atoms with Crippen molar-refractivity contribution >= 4 is 26.0 Å². The van der Waals surface area contributed by atoms with E-state index in [9.17, 15) is 8.42 Å². The standard InChI is InChI=1S/C12H18BrN3O3S/c1-9-6-10(8-14)7-11(12(9)13)20(17,18)15-16-2-4-19-5-3-16/h6-7,15H,2-5,8,14H2,1H3. The summed E-state index contributed by atoms with van der Waals surface area (Å²) in [6.07, 6.45) is 0. The van der Waals surface area contributed by atoms with Crippen LogP contribution in [-0.4, -0.2) is 39.7 Å². The predicted octanol–water partition coefficient (Wildman–Crippen LogP) is 0.742. The average molecular weight is 364 g/mol. The van der Waals surface area contributed by atoms with Crippen molar-refractivity contribution in [2.24, 2.45) is 5.73 Å². The summed E-state index contributed by atoms with van der Waals surface area (Å²) in [5.74, 6) is 0. The molecule has 1 aliphatic heterocycles. The summed E-state index contributed by atoms with van der Waals surface area (Å²) in [4.78, 5) is 2.80. The van der Waals surface area contributed by atoms with E-state index in [2.05, 4.69) is 20.8 Å². The van der Waals surface area contributed by atoms with Crippen molar-refractivity contribution in [3.05, 3.63) is 27.7 Å². The minimum Gasteiger partial charge on any atom is -0.379 e. The van der Waals surface area contributed by atoms with E-state index in [1.165, 1.54) is 0 Å². The molecule has 112 valence electrons. The lowest BCUT2D eigenvalue weighted by Gasteiger charge is -2.27. The van der Waals surface area contributed by atoms with E-state index in [1.807, 2.05) is 13.0 Å². The van der Waals surface area contributed by atoms with E-state index in [4.69, 9.17) is 10.5 Å². The second kappa shape index (κ2) is 6.50. The number of hydrazine groups is 1. The molecule has 0 spiro atoms. The van der Waals surface area contributed by atoms with Gasteiger partial charge in [0.05, 0.1) is 18.1 Å². The van der Waals surface area contributed by atoms with Crippen LogP contribution in [0.4, 0.5) is 0 Å². The van der Waals surface area contributed by atoms with Gasteiger partial charge in [-0.15, -0.1) is 4.83 Å². The van der Waals surface area contributed by atoms with E-state index in [0.717, 1.165) is 11.1 Å². The minimum atomic E-state index is -3.63. The molecule has 6 nitrogen and oxygen atoms in total. The number of nitrogens with two attached hydrogens (primary N) is 1. The maximum absolute atomic E-state index is 12.5. The molecule has 0 saturated carbocycles. The van der Waals surface area contributed by atoms with Crippen LogP contribution in [-0.2, 0) is 21.3 Å². The van der Waals surface area contributed by atoms with Gasteiger partial charge in [0, 0.05) is 24.1 Å². The monoisotopic (exact) mass is 363 g/mol. The lowest BCUT2D eigenvalue weighted by atomic mass is 10.1. The summed E-state index contributed by atoms with van der Waals surface area (Å²) in [5, 5.41) is 1.65. The molecule has 0 aromatic heterocycles. The fraction of sp³-hybridized carbons (Fsp3) is 0.500. The molecular weight excluding hydrogens is 346 g/mol. The summed E-state index contributed by atoms with van der Waals surface area (Å²) in [5.41, 5.74) is 7.24. The number of morpholine rings is 1. The Morgan fingerprint density at radius 3 is 2.65 bits per heavy atom. The molecule has 2 rings (SSSR count). The number of hydrogen-bond donors (Lipinski definition) is 2. The third-order valence-electron chi connectivity index (χ3n) is 3.07. The summed E-state index contributed by atoms with van der Waals surface area (Å²) >= 11 is 3.34. The molecule has 20 heavy (non-hydrogen) atoms. The first kappa shape index (κ1) is 15.9. The first-order chi connectivity index (χ1) is 9.44. The van der Waals surface area contributed by atoms with Crippen molar-refractivity contribution in [3.63, 3.8) is 0 Å². The number of rotatable bonds is 4. The quantitative estimate of drug-likeness (QED) is 0.824. The van der Waals surface area contributed by atoms with Gasteiger partial charge in [-0.2, -0.15) is 0 Å². The number of sulfonamides is 1. The van der Waals surface area contributed by atoms with E-state index in [-0.39, 0.29) is 4.90 Å². The molecule has 1 saturated heterocycles. The van der Waals surface area contributed by atoms with Crippen LogP contribution in [0.15, 0.2) is 21.5 Å². The highest BCUT2D eigenvalue weighted by molar-refractivity contribution is 9.10. The Kier molecular flexibility index (Phi) is 5.16. The second-order valence-electron chi connectivity index (χ2n) is 4.62. The Morgan fingerprint density at radius 1 is 1.40 bits per heavy atom. The van der Waals surface area contributed by atoms with Gasteiger partial charge >= 0.3 is 0 Å². The van der Waals surface area contributed by atoms with Gasteiger partial charge in [0.1, 0.15) is 0 Å². The van der Waals surface area contributed by atoms with Crippen LogP contribution in [0.3, 0.4) is 0 Å². The number of hydrogen-bond acceptors (Lipinski definition) is 5.